The molecule has 0 heterocycles. The number of nitrogens with one attached hydrogen (secondary N) is 1. The Morgan fingerprint density at radius 1 is 1.16 bits per heavy atom. The molecule has 0 aliphatic carbocycles. The van der Waals surface area contributed by atoms with Crippen LogP contribution in [0.5, 0.6) is 11.5 Å². The summed E-state index contributed by atoms with van der Waals surface area (Å²) in [5.74, 6) is 1.44. The zero-order valence-electron chi connectivity index (χ0n) is 14.5. The van der Waals surface area contributed by atoms with Gasteiger partial charge in [0.1, 0.15) is 17.6 Å². The number of anilines is 1. The Labute approximate surface area is 154 Å². The fourth-order valence-electron chi connectivity index (χ4n) is 2.30. The fraction of sp³-hybridized carbons (Fsp3) is 0.316. The number of hydrogen-bond donors (Lipinski definition) is 2. The molecule has 0 saturated carbocycles. The van der Waals surface area contributed by atoms with Gasteiger partial charge in [0.25, 0.3) is 0 Å². The third-order valence-corrected chi connectivity index (χ3v) is 3.64. The van der Waals surface area contributed by atoms with E-state index < -0.39 is 0 Å². The van der Waals surface area contributed by atoms with Crippen LogP contribution in [0.3, 0.4) is 0 Å². The van der Waals surface area contributed by atoms with Crippen molar-refractivity contribution in [2.75, 3.05) is 19.4 Å². The number of halogens is 1. The van der Waals surface area contributed by atoms with Crippen molar-refractivity contribution in [3.8, 4) is 11.5 Å². The number of methoxy groups -OCH3 is 1. The fourth-order valence-corrected chi connectivity index (χ4v) is 2.30. The average molecular weight is 365 g/mol. The van der Waals surface area contributed by atoms with E-state index in [9.17, 15) is 4.79 Å². The van der Waals surface area contributed by atoms with Crippen LogP contribution in [0.4, 0.5) is 5.69 Å². The number of para-hydroxylation sites is 1. The van der Waals surface area contributed by atoms with Crippen LogP contribution in [0, 0.1) is 0 Å². The van der Waals surface area contributed by atoms with Gasteiger partial charge >= 0.3 is 0 Å². The second-order valence-corrected chi connectivity index (χ2v) is 5.61. The SMILES string of the molecule is COc1cccc(OC(C)CNC(=O)CCc2ccccc2N)c1.Cl. The molecule has 2 rings (SSSR count). The lowest BCUT2D eigenvalue weighted by Gasteiger charge is -2.16. The maximum absolute atomic E-state index is 12.0. The van der Waals surface area contributed by atoms with Crippen molar-refractivity contribution in [2.24, 2.45) is 0 Å². The van der Waals surface area contributed by atoms with Crippen molar-refractivity contribution in [3.63, 3.8) is 0 Å². The van der Waals surface area contributed by atoms with Crippen LogP contribution < -0.4 is 20.5 Å². The van der Waals surface area contributed by atoms with Crippen LogP contribution >= 0.6 is 12.4 Å². The summed E-state index contributed by atoms with van der Waals surface area (Å²) in [6, 6.07) is 15.0. The van der Waals surface area contributed by atoms with E-state index in [4.69, 9.17) is 15.2 Å². The molecule has 0 bridgehead atoms. The van der Waals surface area contributed by atoms with Crippen molar-refractivity contribution in [3.05, 3.63) is 54.1 Å². The highest BCUT2D eigenvalue weighted by Crippen LogP contribution is 2.19. The monoisotopic (exact) mass is 364 g/mol. The second-order valence-electron chi connectivity index (χ2n) is 5.61. The number of nitrogen functional groups attached to an aromatic ring is 1. The summed E-state index contributed by atoms with van der Waals surface area (Å²) in [5.41, 5.74) is 7.59. The summed E-state index contributed by atoms with van der Waals surface area (Å²) >= 11 is 0. The molecular weight excluding hydrogens is 340 g/mol. The van der Waals surface area contributed by atoms with Crippen molar-refractivity contribution in [2.45, 2.75) is 25.9 Å². The number of ether oxygens (including phenoxy) is 2. The van der Waals surface area contributed by atoms with Crippen molar-refractivity contribution in [1.82, 2.24) is 5.32 Å². The summed E-state index contributed by atoms with van der Waals surface area (Å²) < 4.78 is 10.9. The molecule has 2 aromatic rings. The quantitative estimate of drug-likeness (QED) is 0.705. The van der Waals surface area contributed by atoms with Crippen LogP contribution in [0.2, 0.25) is 0 Å². The lowest BCUT2D eigenvalue weighted by molar-refractivity contribution is -0.121. The van der Waals surface area contributed by atoms with Crippen molar-refractivity contribution in [1.29, 1.82) is 0 Å². The molecule has 1 atom stereocenters. The van der Waals surface area contributed by atoms with Gasteiger partial charge in [0, 0.05) is 18.2 Å². The Bertz CT molecular complexity index is 679. The minimum atomic E-state index is -0.136. The third kappa shape index (κ3) is 6.93. The van der Waals surface area contributed by atoms with Crippen molar-refractivity contribution < 1.29 is 14.3 Å². The van der Waals surface area contributed by atoms with Crippen molar-refractivity contribution >= 4 is 24.0 Å². The number of amides is 1. The summed E-state index contributed by atoms with van der Waals surface area (Å²) in [7, 11) is 1.61. The van der Waals surface area contributed by atoms with Gasteiger partial charge in [-0.25, -0.2) is 0 Å². The van der Waals surface area contributed by atoms with Gasteiger partial charge in [-0.1, -0.05) is 24.3 Å². The van der Waals surface area contributed by atoms with E-state index in [0.717, 1.165) is 17.0 Å². The Balaban J connectivity index is 0.00000312. The molecule has 2 aromatic carbocycles. The number of rotatable bonds is 8. The number of aryl methyl sites for hydroxylation is 1. The molecule has 25 heavy (non-hydrogen) atoms. The maximum atomic E-state index is 12.0. The molecular formula is C19H25ClN2O3. The standard InChI is InChI=1S/C19H24N2O3.ClH/c1-14(24-17-8-5-7-16(12-17)23-2)13-21-19(22)11-10-15-6-3-4-9-18(15)20;/h3-9,12,14H,10-11,13,20H2,1-2H3,(H,21,22);1H. The molecule has 0 saturated heterocycles. The Morgan fingerprint density at radius 2 is 1.88 bits per heavy atom. The number of nitrogens with two attached hydrogens (primary N) is 1. The largest absolute Gasteiger partial charge is 0.497 e. The molecule has 0 radical (unpaired) electrons. The molecule has 0 aromatic heterocycles. The van der Waals surface area contributed by atoms with Crippen LogP contribution in [-0.2, 0) is 11.2 Å². The van der Waals surface area contributed by atoms with Crippen LogP contribution in [0.15, 0.2) is 48.5 Å². The molecule has 6 heteroatoms. The van der Waals surface area contributed by atoms with Gasteiger partial charge in [-0.15, -0.1) is 12.4 Å². The molecule has 0 aliphatic rings. The molecule has 5 nitrogen and oxygen atoms in total. The van der Waals surface area contributed by atoms with Gasteiger partial charge in [0.05, 0.1) is 13.7 Å². The normalized spacial score (nSPS) is 11.1. The molecule has 136 valence electrons. The number of hydrogen-bond acceptors (Lipinski definition) is 4. The van der Waals surface area contributed by atoms with Crippen LogP contribution in [0.25, 0.3) is 0 Å². The zero-order valence-corrected chi connectivity index (χ0v) is 15.3. The highest BCUT2D eigenvalue weighted by atomic mass is 35.5. The van der Waals surface area contributed by atoms with E-state index in [1.807, 2.05) is 55.5 Å². The smallest absolute Gasteiger partial charge is 0.220 e. The topological polar surface area (TPSA) is 73.6 Å². The minimum absolute atomic E-state index is 0. The van der Waals surface area contributed by atoms with E-state index in [1.165, 1.54) is 0 Å². The van der Waals surface area contributed by atoms with Gasteiger partial charge in [-0.05, 0) is 37.1 Å². The average Bonchev–Trinajstić information content (AvgIpc) is 2.59. The maximum Gasteiger partial charge on any atom is 0.220 e. The minimum Gasteiger partial charge on any atom is -0.497 e. The Kier molecular flexibility index (Phi) is 8.64. The molecule has 0 spiro atoms. The van der Waals surface area contributed by atoms with E-state index in [2.05, 4.69) is 5.32 Å². The first kappa shape index (κ1) is 20.6. The molecule has 0 fully saturated rings. The number of carbonyl (C=O) groups is 1. The first-order valence-electron chi connectivity index (χ1n) is 7.99. The van der Waals surface area contributed by atoms with Crippen LogP contribution in [-0.4, -0.2) is 25.7 Å². The summed E-state index contributed by atoms with van der Waals surface area (Å²) in [6.07, 6.45) is 0.895. The van der Waals surface area contributed by atoms with Gasteiger partial charge in [-0.2, -0.15) is 0 Å². The van der Waals surface area contributed by atoms with E-state index >= 15 is 0 Å². The van der Waals surface area contributed by atoms with Gasteiger partial charge in [0.15, 0.2) is 0 Å². The first-order valence-corrected chi connectivity index (χ1v) is 7.99. The van der Waals surface area contributed by atoms with Crippen LogP contribution in [0.1, 0.15) is 18.9 Å². The summed E-state index contributed by atoms with van der Waals surface area (Å²) in [6.45, 7) is 2.36. The van der Waals surface area contributed by atoms with Gasteiger partial charge < -0.3 is 20.5 Å². The summed E-state index contributed by atoms with van der Waals surface area (Å²) in [4.78, 5) is 12.0. The predicted octanol–water partition coefficient (Wildman–Crippen LogP) is 3.22. The van der Waals surface area contributed by atoms with E-state index in [1.54, 1.807) is 7.11 Å². The van der Waals surface area contributed by atoms with Gasteiger partial charge in [0.2, 0.25) is 5.91 Å². The number of carbonyl (C=O) groups excluding carboxylic acids is 1. The van der Waals surface area contributed by atoms with E-state index in [-0.39, 0.29) is 24.4 Å². The molecule has 1 unspecified atom stereocenters. The second kappa shape index (κ2) is 10.5. The zero-order chi connectivity index (χ0) is 17.4. The lowest BCUT2D eigenvalue weighted by Crippen LogP contribution is -2.33. The number of benzene rings is 2. The third-order valence-electron chi connectivity index (χ3n) is 3.64. The molecule has 0 aliphatic heterocycles. The predicted molar refractivity (Wildman–Crippen MR) is 103 cm³/mol. The first-order chi connectivity index (χ1) is 11.6. The lowest BCUT2D eigenvalue weighted by atomic mass is 10.1. The van der Waals surface area contributed by atoms with Gasteiger partial charge in [-0.3, -0.25) is 4.79 Å². The highest BCUT2D eigenvalue weighted by Gasteiger charge is 2.08. The Hall–Kier alpha value is -2.40. The molecule has 1 amide bonds. The highest BCUT2D eigenvalue weighted by molar-refractivity contribution is 5.85. The van der Waals surface area contributed by atoms with E-state index in [0.29, 0.717) is 25.1 Å². The summed E-state index contributed by atoms with van der Waals surface area (Å²) in [5, 5.41) is 2.88. The Morgan fingerprint density at radius 3 is 2.60 bits per heavy atom. The molecule has 3 N–H and O–H groups in total.